The smallest absolute Gasteiger partial charge is 0.159 e. The van der Waals surface area contributed by atoms with E-state index in [4.69, 9.17) is 14.2 Å². The number of carbonyl (C=O) groups excluding carboxylic acids is 1. The second-order valence-corrected chi connectivity index (χ2v) is 17.0. The fraction of sp³-hybridized carbons (Fsp3) is 0.558. The van der Waals surface area contributed by atoms with Gasteiger partial charge in [0.25, 0.3) is 0 Å². The maximum Gasteiger partial charge on any atom is 0.159 e. The van der Waals surface area contributed by atoms with Crippen molar-refractivity contribution in [2.75, 3.05) is 34.4 Å². The van der Waals surface area contributed by atoms with Crippen LogP contribution in [0, 0.1) is 29.6 Å². The monoisotopic (exact) mass is 704 g/mol. The first-order valence-electron chi connectivity index (χ1n) is 19.4. The molecular weight excluding hydrogens is 652 g/mol. The Kier molecular flexibility index (Phi) is 7.41. The number of aryl methyl sites for hydroxylation is 2. The molecule has 10 rings (SSSR count). The van der Waals surface area contributed by atoms with E-state index in [0.29, 0.717) is 43.2 Å². The predicted octanol–water partition coefficient (Wildman–Crippen LogP) is 6.02. The molecule has 8 heterocycles. The number of piperidine rings is 2. The molecule has 1 N–H and O–H groups in total. The number of fused-ring (bicyclic) bond motifs is 16. The maximum absolute atomic E-state index is 12.7. The largest absolute Gasteiger partial charge is 0.500 e. The molecule has 1 unspecified atom stereocenters. The molecule has 9 heteroatoms. The number of hydrogen-bond donors (Lipinski definition) is 1. The lowest BCUT2D eigenvalue weighted by molar-refractivity contribution is -0.226. The molecule has 0 radical (unpaired) electrons. The van der Waals surface area contributed by atoms with Crippen molar-refractivity contribution in [3.05, 3.63) is 76.3 Å². The standard InChI is InChI=1S/C43H52N4O5/c1-21(40-27-14-38-41-28(23-10-8-9-11-33(23)46(41)5)15-35(45(38)4)32(27)20-52-43(40)49)24-12-26-29-16-34-31-19-51-18-30(22(2)48)25(31)13-37(44(34)3)42(29)47(6)36(26)17-39(24)50-7/h8-12,17-18,21,25,27,31-32,34-35,37-38,40,43,49H,13-16,19-20H2,1-7H3/t21-,25-,27+,31+,32+,34-,35-,37-,38-,40?,43+/m0/s1. The Bertz CT molecular complexity index is 2160. The maximum atomic E-state index is 12.7. The molecule has 6 aliphatic rings. The topological polar surface area (TPSA) is 81.3 Å². The van der Waals surface area contributed by atoms with Crippen molar-refractivity contribution in [3.8, 4) is 5.75 Å². The molecule has 0 saturated carbocycles. The van der Waals surface area contributed by atoms with Crippen molar-refractivity contribution < 1.29 is 24.1 Å². The number of allylic oxidation sites excluding steroid dienone is 1. The van der Waals surface area contributed by atoms with E-state index in [2.05, 4.69) is 90.4 Å². The van der Waals surface area contributed by atoms with Gasteiger partial charge in [0.15, 0.2) is 12.1 Å². The summed E-state index contributed by atoms with van der Waals surface area (Å²) in [6, 6.07) is 14.6. The van der Waals surface area contributed by atoms with Gasteiger partial charge in [0, 0.05) is 83.2 Å². The van der Waals surface area contributed by atoms with Crippen LogP contribution in [-0.2, 0) is 41.2 Å². The Morgan fingerprint density at radius 3 is 2.27 bits per heavy atom. The summed E-state index contributed by atoms with van der Waals surface area (Å²) >= 11 is 0. The number of carbonyl (C=O) groups is 1. The van der Waals surface area contributed by atoms with Gasteiger partial charge in [-0.1, -0.05) is 25.1 Å². The van der Waals surface area contributed by atoms with E-state index in [1.54, 1.807) is 20.3 Å². The SMILES string of the molecule is COc1cc2c(cc1[C@H](C)C1[C@H](O)OC[C@@H]3[C@H]1C[C@H]1c4c(c5ccccc5n4C)C[C@@H]3N1C)c1c(n2C)[C@@H]2C[C@H]3C(C(C)=O)=COC[C@H]3[C@H](C1)N2C. The molecule has 0 amide bonds. The molecule has 2 aromatic carbocycles. The Morgan fingerprint density at radius 2 is 1.54 bits per heavy atom. The molecule has 4 bridgehead atoms. The molecule has 11 atom stereocenters. The van der Waals surface area contributed by atoms with Crippen molar-refractivity contribution in [2.45, 2.75) is 75.9 Å². The van der Waals surface area contributed by atoms with Crippen LogP contribution in [0.1, 0.15) is 72.8 Å². The van der Waals surface area contributed by atoms with E-state index in [9.17, 15) is 9.90 Å². The summed E-state index contributed by atoms with van der Waals surface area (Å²) in [5.74, 6) is 2.08. The van der Waals surface area contributed by atoms with Crippen LogP contribution in [0.15, 0.2) is 48.2 Å². The van der Waals surface area contributed by atoms with E-state index in [-0.39, 0.29) is 35.5 Å². The van der Waals surface area contributed by atoms with E-state index < -0.39 is 6.29 Å². The average molecular weight is 705 g/mol. The summed E-state index contributed by atoms with van der Waals surface area (Å²) in [7, 11) is 10.8. The number of Topliss-reactive ketones (excluding diaryl/α,β-unsaturated/α-hetero) is 1. The molecule has 274 valence electrons. The van der Waals surface area contributed by atoms with Crippen LogP contribution in [0.25, 0.3) is 21.8 Å². The number of methoxy groups -OCH3 is 1. The Morgan fingerprint density at radius 1 is 0.865 bits per heavy atom. The van der Waals surface area contributed by atoms with Crippen molar-refractivity contribution in [1.82, 2.24) is 18.9 Å². The zero-order chi connectivity index (χ0) is 35.9. The van der Waals surface area contributed by atoms with Gasteiger partial charge in [-0.05, 0) is 93.3 Å². The first-order valence-corrected chi connectivity index (χ1v) is 19.4. The number of ether oxygens (including phenoxy) is 3. The summed E-state index contributed by atoms with van der Waals surface area (Å²) in [5.41, 5.74) is 10.2. The van der Waals surface area contributed by atoms with E-state index in [1.807, 2.05) is 0 Å². The number of benzene rings is 2. The van der Waals surface area contributed by atoms with Gasteiger partial charge in [0.1, 0.15) is 5.75 Å². The van der Waals surface area contributed by atoms with Crippen LogP contribution < -0.4 is 4.74 Å². The second kappa shape index (κ2) is 11.7. The Balaban J connectivity index is 1.04. The van der Waals surface area contributed by atoms with Crippen molar-refractivity contribution in [1.29, 1.82) is 0 Å². The number of ketones is 1. The first-order chi connectivity index (χ1) is 25.1. The number of aliphatic hydroxyl groups is 1. The third kappa shape index (κ3) is 4.34. The molecule has 3 fully saturated rings. The molecule has 0 aliphatic carbocycles. The van der Waals surface area contributed by atoms with Crippen LogP contribution in [0.2, 0.25) is 0 Å². The number of hydrogen-bond acceptors (Lipinski definition) is 7. The minimum absolute atomic E-state index is 0.0132. The van der Waals surface area contributed by atoms with Crippen LogP contribution in [0.5, 0.6) is 5.75 Å². The normalized spacial score (nSPS) is 34.5. The van der Waals surface area contributed by atoms with Gasteiger partial charge in [-0.25, -0.2) is 0 Å². The van der Waals surface area contributed by atoms with Crippen molar-refractivity contribution in [3.63, 3.8) is 0 Å². The molecule has 4 aromatic rings. The van der Waals surface area contributed by atoms with Gasteiger partial charge in [-0.3, -0.25) is 14.6 Å². The molecule has 6 aliphatic heterocycles. The Labute approximate surface area is 306 Å². The van der Waals surface area contributed by atoms with Gasteiger partial charge in [-0.15, -0.1) is 0 Å². The highest BCUT2D eigenvalue weighted by Gasteiger charge is 2.55. The van der Waals surface area contributed by atoms with Gasteiger partial charge in [-0.2, -0.15) is 0 Å². The first kappa shape index (κ1) is 33.0. The zero-order valence-electron chi connectivity index (χ0n) is 31.5. The number of aliphatic hydroxyl groups excluding tert-OH is 1. The van der Waals surface area contributed by atoms with E-state index in [1.165, 1.54) is 44.3 Å². The third-order valence-corrected chi connectivity index (χ3v) is 15.1. The van der Waals surface area contributed by atoms with Crippen LogP contribution in [0.3, 0.4) is 0 Å². The zero-order valence-corrected chi connectivity index (χ0v) is 31.5. The fourth-order valence-electron chi connectivity index (χ4n) is 12.6. The third-order valence-electron chi connectivity index (χ3n) is 15.1. The van der Waals surface area contributed by atoms with Crippen molar-refractivity contribution >= 4 is 27.6 Å². The highest BCUT2D eigenvalue weighted by Crippen LogP contribution is 2.56. The second-order valence-electron chi connectivity index (χ2n) is 17.0. The molecule has 9 nitrogen and oxygen atoms in total. The number of likely N-dealkylation sites (N-methyl/N-ethyl adjacent to an activating group) is 2. The molecule has 3 saturated heterocycles. The van der Waals surface area contributed by atoms with Crippen LogP contribution >= 0.6 is 0 Å². The Hall–Kier alpha value is -3.63. The molecule has 52 heavy (non-hydrogen) atoms. The van der Waals surface area contributed by atoms with Gasteiger partial charge >= 0.3 is 0 Å². The summed E-state index contributed by atoms with van der Waals surface area (Å²) in [4.78, 5) is 17.8. The van der Waals surface area contributed by atoms with Gasteiger partial charge < -0.3 is 28.5 Å². The van der Waals surface area contributed by atoms with Gasteiger partial charge in [0.2, 0.25) is 0 Å². The summed E-state index contributed by atoms with van der Waals surface area (Å²) in [6.45, 7) is 5.20. The number of aromatic nitrogens is 2. The number of rotatable bonds is 4. The summed E-state index contributed by atoms with van der Waals surface area (Å²) in [6.07, 6.45) is 4.72. The minimum Gasteiger partial charge on any atom is -0.500 e. The lowest BCUT2D eigenvalue weighted by Gasteiger charge is -2.57. The summed E-state index contributed by atoms with van der Waals surface area (Å²) < 4.78 is 23.3. The minimum atomic E-state index is -0.836. The highest BCUT2D eigenvalue weighted by molar-refractivity contribution is 5.94. The molecule has 2 aromatic heterocycles. The highest BCUT2D eigenvalue weighted by atomic mass is 16.6. The lowest BCUT2D eigenvalue weighted by atomic mass is 9.62. The fourth-order valence-corrected chi connectivity index (χ4v) is 12.6. The molecular formula is C43H52N4O5. The molecule has 0 spiro atoms. The average Bonchev–Trinajstić information content (AvgIpc) is 3.56. The number of para-hydroxylation sites is 1. The quantitative estimate of drug-likeness (QED) is 0.279. The van der Waals surface area contributed by atoms with Crippen molar-refractivity contribution in [2.24, 2.45) is 43.7 Å². The van der Waals surface area contributed by atoms with Gasteiger partial charge in [0.05, 0.1) is 44.2 Å². The van der Waals surface area contributed by atoms with E-state index >= 15 is 0 Å². The summed E-state index contributed by atoms with van der Waals surface area (Å²) in [5, 5.41) is 14.4. The number of nitrogens with zero attached hydrogens (tertiary/aromatic N) is 4. The van der Waals surface area contributed by atoms with Crippen LogP contribution in [0.4, 0.5) is 0 Å². The van der Waals surface area contributed by atoms with Crippen LogP contribution in [-0.4, -0.2) is 82.6 Å². The predicted molar refractivity (Wildman–Crippen MR) is 200 cm³/mol. The lowest BCUT2D eigenvalue weighted by Crippen LogP contribution is -2.59. The van der Waals surface area contributed by atoms with E-state index in [0.717, 1.165) is 42.6 Å².